The van der Waals surface area contributed by atoms with Crippen molar-refractivity contribution in [3.05, 3.63) is 54.6 Å². The van der Waals surface area contributed by atoms with Crippen LogP contribution in [0.25, 0.3) is 10.8 Å². The molecule has 0 unspecified atom stereocenters. The highest BCUT2D eigenvalue weighted by Crippen LogP contribution is 2.37. The van der Waals surface area contributed by atoms with Gasteiger partial charge in [0, 0.05) is 35.5 Å². The van der Waals surface area contributed by atoms with Crippen LogP contribution in [0.15, 0.2) is 54.6 Å². The SMILES string of the molecule is COc1ccc(OC)c(N2C[C@@H](C(=O)Nc3ccc(O)c4ccccc34)CC2=O)c1. The Bertz CT molecular complexity index is 1130. The molecule has 2 amide bonds. The maximum absolute atomic E-state index is 12.9. The molecule has 30 heavy (non-hydrogen) atoms. The van der Waals surface area contributed by atoms with E-state index in [1.807, 2.05) is 18.2 Å². The number of phenols is 1. The fraction of sp³-hybridized carbons (Fsp3) is 0.217. The van der Waals surface area contributed by atoms with Crippen LogP contribution in [0.5, 0.6) is 17.2 Å². The summed E-state index contributed by atoms with van der Waals surface area (Å²) in [6, 6.07) is 15.7. The lowest BCUT2D eigenvalue weighted by Crippen LogP contribution is -2.28. The smallest absolute Gasteiger partial charge is 0.229 e. The van der Waals surface area contributed by atoms with Gasteiger partial charge in [-0.2, -0.15) is 0 Å². The Balaban J connectivity index is 1.57. The molecule has 1 saturated heterocycles. The molecule has 0 saturated carbocycles. The van der Waals surface area contributed by atoms with Crippen LogP contribution in [0.1, 0.15) is 6.42 Å². The summed E-state index contributed by atoms with van der Waals surface area (Å²) in [4.78, 5) is 27.2. The molecule has 0 aromatic heterocycles. The van der Waals surface area contributed by atoms with E-state index in [4.69, 9.17) is 9.47 Å². The number of amides is 2. The number of anilines is 2. The summed E-state index contributed by atoms with van der Waals surface area (Å²) < 4.78 is 10.6. The van der Waals surface area contributed by atoms with E-state index >= 15 is 0 Å². The van der Waals surface area contributed by atoms with Gasteiger partial charge < -0.3 is 24.8 Å². The average molecular weight is 406 g/mol. The Labute approximate surface area is 173 Å². The number of methoxy groups -OCH3 is 2. The van der Waals surface area contributed by atoms with Crippen molar-refractivity contribution < 1.29 is 24.2 Å². The number of rotatable bonds is 5. The van der Waals surface area contributed by atoms with E-state index in [1.165, 1.54) is 7.11 Å². The zero-order valence-corrected chi connectivity index (χ0v) is 16.7. The van der Waals surface area contributed by atoms with Gasteiger partial charge in [-0.1, -0.05) is 24.3 Å². The van der Waals surface area contributed by atoms with Crippen molar-refractivity contribution in [2.24, 2.45) is 5.92 Å². The highest BCUT2D eigenvalue weighted by atomic mass is 16.5. The van der Waals surface area contributed by atoms with Crippen LogP contribution in [0.4, 0.5) is 11.4 Å². The zero-order chi connectivity index (χ0) is 21.3. The Hall–Kier alpha value is -3.74. The van der Waals surface area contributed by atoms with Crippen molar-refractivity contribution in [3.8, 4) is 17.2 Å². The third kappa shape index (κ3) is 3.50. The summed E-state index contributed by atoms with van der Waals surface area (Å²) in [6.45, 7) is 0.240. The second kappa shape index (κ2) is 7.94. The third-order valence-electron chi connectivity index (χ3n) is 5.33. The predicted molar refractivity (Wildman–Crippen MR) is 114 cm³/mol. The number of fused-ring (bicyclic) bond motifs is 1. The minimum absolute atomic E-state index is 0.0994. The normalized spacial score (nSPS) is 16.0. The fourth-order valence-electron chi connectivity index (χ4n) is 3.75. The van der Waals surface area contributed by atoms with Crippen molar-refractivity contribution in [2.45, 2.75) is 6.42 Å². The van der Waals surface area contributed by atoms with E-state index < -0.39 is 5.92 Å². The molecule has 1 aliphatic rings. The first-order valence-electron chi connectivity index (χ1n) is 9.55. The van der Waals surface area contributed by atoms with Crippen LogP contribution in [-0.4, -0.2) is 37.7 Å². The largest absolute Gasteiger partial charge is 0.507 e. The number of ether oxygens (including phenoxy) is 2. The molecule has 3 aromatic rings. The highest BCUT2D eigenvalue weighted by Gasteiger charge is 2.36. The zero-order valence-electron chi connectivity index (χ0n) is 16.7. The molecule has 154 valence electrons. The maximum Gasteiger partial charge on any atom is 0.229 e. The molecule has 1 heterocycles. The number of carbonyl (C=O) groups excluding carboxylic acids is 2. The lowest BCUT2D eigenvalue weighted by molar-refractivity contribution is -0.122. The summed E-state index contributed by atoms with van der Waals surface area (Å²) in [6.07, 6.45) is 0.0994. The lowest BCUT2D eigenvalue weighted by atomic mass is 10.1. The molecule has 3 aromatic carbocycles. The molecule has 1 aliphatic heterocycles. The molecular weight excluding hydrogens is 384 g/mol. The first kappa shape index (κ1) is 19.6. The molecule has 2 N–H and O–H groups in total. The number of nitrogens with one attached hydrogen (secondary N) is 1. The van der Waals surface area contributed by atoms with Gasteiger partial charge in [-0.05, 0) is 24.3 Å². The Morgan fingerprint density at radius 3 is 2.57 bits per heavy atom. The molecular formula is C23H22N2O5. The summed E-state index contributed by atoms with van der Waals surface area (Å²) in [7, 11) is 3.08. The summed E-state index contributed by atoms with van der Waals surface area (Å²) in [5.41, 5.74) is 1.17. The lowest BCUT2D eigenvalue weighted by Gasteiger charge is -2.20. The number of hydrogen-bond donors (Lipinski definition) is 2. The minimum Gasteiger partial charge on any atom is -0.507 e. The van der Waals surface area contributed by atoms with Gasteiger partial charge >= 0.3 is 0 Å². The van der Waals surface area contributed by atoms with Gasteiger partial charge in [0.1, 0.15) is 17.2 Å². The highest BCUT2D eigenvalue weighted by molar-refractivity contribution is 6.08. The maximum atomic E-state index is 12.9. The Kier molecular flexibility index (Phi) is 5.18. The third-order valence-corrected chi connectivity index (χ3v) is 5.33. The summed E-state index contributed by atoms with van der Waals surface area (Å²) in [5.74, 6) is 0.370. The van der Waals surface area contributed by atoms with Crippen LogP contribution >= 0.6 is 0 Å². The summed E-state index contributed by atoms with van der Waals surface area (Å²) in [5, 5.41) is 14.3. The van der Waals surface area contributed by atoms with Gasteiger partial charge in [0.25, 0.3) is 0 Å². The number of benzene rings is 3. The van der Waals surface area contributed by atoms with Crippen LogP contribution in [0.3, 0.4) is 0 Å². The summed E-state index contributed by atoms with van der Waals surface area (Å²) >= 11 is 0. The van der Waals surface area contributed by atoms with Crippen molar-refractivity contribution in [3.63, 3.8) is 0 Å². The van der Waals surface area contributed by atoms with Gasteiger partial charge in [-0.15, -0.1) is 0 Å². The van der Waals surface area contributed by atoms with E-state index in [9.17, 15) is 14.7 Å². The van der Waals surface area contributed by atoms with Crippen LogP contribution in [-0.2, 0) is 9.59 Å². The number of nitrogens with zero attached hydrogens (tertiary/aromatic N) is 1. The number of phenolic OH excluding ortho intramolecular Hbond substituents is 1. The first-order valence-corrected chi connectivity index (χ1v) is 9.55. The Morgan fingerprint density at radius 1 is 1.07 bits per heavy atom. The number of aromatic hydroxyl groups is 1. The second-order valence-corrected chi connectivity index (χ2v) is 7.11. The monoisotopic (exact) mass is 406 g/mol. The molecule has 1 atom stereocenters. The molecule has 0 radical (unpaired) electrons. The Morgan fingerprint density at radius 2 is 1.83 bits per heavy atom. The van der Waals surface area contributed by atoms with E-state index in [0.717, 1.165) is 5.39 Å². The molecule has 0 aliphatic carbocycles. The van der Waals surface area contributed by atoms with Crippen LogP contribution < -0.4 is 19.7 Å². The van der Waals surface area contributed by atoms with Gasteiger partial charge in [-0.3, -0.25) is 9.59 Å². The van der Waals surface area contributed by atoms with Gasteiger partial charge in [-0.25, -0.2) is 0 Å². The first-order chi connectivity index (χ1) is 14.5. The van der Waals surface area contributed by atoms with E-state index in [-0.39, 0.29) is 30.5 Å². The van der Waals surface area contributed by atoms with Gasteiger partial charge in [0.15, 0.2) is 0 Å². The minimum atomic E-state index is -0.513. The van der Waals surface area contributed by atoms with Crippen LogP contribution in [0, 0.1) is 5.92 Å². The molecule has 0 bridgehead atoms. The topological polar surface area (TPSA) is 88.1 Å². The number of hydrogen-bond acceptors (Lipinski definition) is 5. The van der Waals surface area contributed by atoms with Crippen molar-refractivity contribution in [1.82, 2.24) is 0 Å². The fourth-order valence-corrected chi connectivity index (χ4v) is 3.75. The molecule has 1 fully saturated rings. The molecule has 4 rings (SSSR count). The van der Waals surface area contributed by atoms with Crippen molar-refractivity contribution in [2.75, 3.05) is 31.0 Å². The van der Waals surface area contributed by atoms with E-state index in [2.05, 4.69) is 5.32 Å². The van der Waals surface area contributed by atoms with E-state index in [1.54, 1.807) is 48.4 Å². The number of carbonyl (C=O) groups is 2. The quantitative estimate of drug-likeness (QED) is 0.633. The molecule has 7 heteroatoms. The van der Waals surface area contributed by atoms with E-state index in [0.29, 0.717) is 28.3 Å². The van der Waals surface area contributed by atoms with Gasteiger partial charge in [0.2, 0.25) is 11.8 Å². The predicted octanol–water partition coefficient (Wildman–Crippen LogP) is 3.55. The van der Waals surface area contributed by atoms with Gasteiger partial charge in [0.05, 0.1) is 25.8 Å². The molecule has 7 nitrogen and oxygen atoms in total. The van der Waals surface area contributed by atoms with Crippen molar-refractivity contribution >= 4 is 34.0 Å². The van der Waals surface area contributed by atoms with Crippen molar-refractivity contribution in [1.29, 1.82) is 0 Å². The standard InChI is InChI=1S/C23H22N2O5/c1-29-15-7-10-21(30-2)19(12-15)25-13-14(11-22(25)27)23(28)24-18-8-9-20(26)17-6-4-3-5-16(17)18/h3-10,12,14,26H,11,13H2,1-2H3,(H,24,28)/t14-/m0/s1. The average Bonchev–Trinajstić information content (AvgIpc) is 3.17. The second-order valence-electron chi connectivity index (χ2n) is 7.11. The van der Waals surface area contributed by atoms with Crippen LogP contribution in [0.2, 0.25) is 0 Å². The molecule has 0 spiro atoms.